The van der Waals surface area contributed by atoms with Gasteiger partial charge >= 0.3 is 23.9 Å². The van der Waals surface area contributed by atoms with Crippen molar-refractivity contribution in [1.29, 1.82) is 0 Å². The second-order valence-corrected chi connectivity index (χ2v) is 7.24. The number of ether oxygens (including phenoxy) is 2. The van der Waals surface area contributed by atoms with Gasteiger partial charge in [-0.2, -0.15) is 22.0 Å². The third-order valence-corrected chi connectivity index (χ3v) is 6.37. The quantitative estimate of drug-likeness (QED) is 0.579. The molecule has 1 saturated heterocycles. The van der Waals surface area contributed by atoms with Crippen molar-refractivity contribution < 1.29 is 41.3 Å². The summed E-state index contributed by atoms with van der Waals surface area (Å²) in [6.45, 7) is 3.64. The Hall–Kier alpha value is -0.960. The Morgan fingerprint density at radius 3 is 2.29 bits per heavy atom. The second kappa shape index (κ2) is 4.81. The minimum Gasteiger partial charge on any atom is -0.452 e. The normalized spacial score (nSPS) is 49.8. The van der Waals surface area contributed by atoms with E-state index in [9.17, 15) is 23.1 Å². The van der Waals surface area contributed by atoms with Gasteiger partial charge in [0.05, 0.1) is 6.61 Å². The fourth-order valence-corrected chi connectivity index (χ4v) is 5.16. The molecule has 1 aliphatic heterocycles. The number of halogens is 5. The second-order valence-electron chi connectivity index (χ2n) is 7.24. The summed E-state index contributed by atoms with van der Waals surface area (Å²) in [5, 5.41) is 9.75. The van der Waals surface area contributed by atoms with Crippen LogP contribution in [0.2, 0.25) is 0 Å². The highest BCUT2D eigenvalue weighted by Gasteiger charge is 2.88. The van der Waals surface area contributed by atoms with Crippen molar-refractivity contribution in [2.75, 3.05) is 6.61 Å². The Labute approximate surface area is 135 Å². The fourth-order valence-electron chi connectivity index (χ4n) is 5.16. The molecule has 9 heteroatoms. The maximum atomic E-state index is 15.1. The first kappa shape index (κ1) is 17.8. The summed E-state index contributed by atoms with van der Waals surface area (Å²) in [5.74, 6) is -13.4. The van der Waals surface area contributed by atoms with Gasteiger partial charge in [-0.15, -0.1) is 0 Å². The maximum Gasteiger partial charge on any atom is 0.449 e. The van der Waals surface area contributed by atoms with Crippen molar-refractivity contribution in [1.82, 2.24) is 0 Å². The molecule has 24 heavy (non-hydrogen) atoms. The third kappa shape index (κ3) is 1.77. The molecule has 0 radical (unpaired) electrons. The summed E-state index contributed by atoms with van der Waals surface area (Å²) < 4.78 is 79.1. The summed E-state index contributed by atoms with van der Waals surface area (Å²) in [6.07, 6.45) is -5.52. The molecule has 0 aromatic heterocycles. The average molecular weight is 358 g/mol. The zero-order chi connectivity index (χ0) is 18.3. The highest BCUT2D eigenvalue weighted by atomic mass is 19.4. The van der Waals surface area contributed by atoms with Crippen LogP contribution in [0.1, 0.15) is 27.2 Å². The number of carbonyl (C=O) groups excluding carboxylic acids is 1. The number of esters is 1. The number of aliphatic hydroxyl groups is 1. The summed E-state index contributed by atoms with van der Waals surface area (Å²) in [6, 6.07) is 0. The van der Waals surface area contributed by atoms with Crippen LogP contribution in [0.3, 0.4) is 0 Å². The Morgan fingerprint density at radius 2 is 1.79 bits per heavy atom. The number of hydrogen-bond acceptors (Lipinski definition) is 4. The predicted molar refractivity (Wildman–Crippen MR) is 69.8 cm³/mol. The molecule has 1 N–H and O–H groups in total. The van der Waals surface area contributed by atoms with Gasteiger partial charge in [0, 0.05) is 18.8 Å². The summed E-state index contributed by atoms with van der Waals surface area (Å²) in [7, 11) is 0. The monoisotopic (exact) mass is 358 g/mol. The molecule has 0 amide bonds. The SMILES string of the molecule is CC(=O)OC12C3CC(C(C)C3C)C1COC(O)(C(F)(F)F)C2(F)F. The van der Waals surface area contributed by atoms with Gasteiger partial charge in [-0.25, -0.2) is 0 Å². The van der Waals surface area contributed by atoms with E-state index in [-0.39, 0.29) is 24.2 Å². The van der Waals surface area contributed by atoms with Gasteiger partial charge < -0.3 is 14.6 Å². The van der Waals surface area contributed by atoms with Gasteiger partial charge in [0.15, 0.2) is 5.60 Å². The first-order valence-electron chi connectivity index (χ1n) is 7.81. The number of rotatable bonds is 1. The van der Waals surface area contributed by atoms with Crippen molar-refractivity contribution in [2.45, 2.75) is 50.7 Å². The molecule has 0 aromatic carbocycles. The molecule has 2 bridgehead atoms. The molecular formula is C15H19F5O4. The Balaban J connectivity index is 2.18. The van der Waals surface area contributed by atoms with Gasteiger partial charge in [-0.3, -0.25) is 4.79 Å². The van der Waals surface area contributed by atoms with Crippen LogP contribution >= 0.6 is 0 Å². The van der Waals surface area contributed by atoms with Gasteiger partial charge in [0.2, 0.25) is 0 Å². The molecule has 138 valence electrons. The van der Waals surface area contributed by atoms with Crippen LogP contribution in [0.25, 0.3) is 0 Å². The van der Waals surface area contributed by atoms with Gasteiger partial charge in [0.25, 0.3) is 0 Å². The molecule has 3 fully saturated rings. The fraction of sp³-hybridized carbons (Fsp3) is 0.933. The average Bonchev–Trinajstić information content (AvgIpc) is 2.89. The molecule has 0 spiro atoms. The van der Waals surface area contributed by atoms with Crippen molar-refractivity contribution in [3.8, 4) is 0 Å². The number of alkyl halides is 5. The Bertz CT molecular complexity index is 561. The van der Waals surface area contributed by atoms with E-state index < -0.39 is 47.9 Å². The smallest absolute Gasteiger partial charge is 0.449 e. The van der Waals surface area contributed by atoms with Crippen LogP contribution < -0.4 is 0 Å². The third-order valence-electron chi connectivity index (χ3n) is 6.37. The van der Waals surface area contributed by atoms with E-state index in [4.69, 9.17) is 4.74 Å². The standard InChI is InChI=1S/C15H19F5O4/c1-6-7(2)10-4-9(6)11-5-23-14(22,15(18,19)20)13(16,17)12(10,11)24-8(3)21/h6-7,9-11,22H,4-5H2,1-3H3. The summed E-state index contributed by atoms with van der Waals surface area (Å²) in [5.41, 5.74) is -2.71. The van der Waals surface area contributed by atoms with E-state index >= 15 is 8.78 Å². The highest BCUT2D eigenvalue weighted by molar-refractivity contribution is 5.67. The van der Waals surface area contributed by atoms with E-state index in [2.05, 4.69) is 4.74 Å². The van der Waals surface area contributed by atoms with E-state index in [1.807, 2.05) is 6.92 Å². The number of carbonyl (C=O) groups is 1. The molecule has 4 nitrogen and oxygen atoms in total. The lowest BCUT2D eigenvalue weighted by Gasteiger charge is -2.57. The summed E-state index contributed by atoms with van der Waals surface area (Å²) >= 11 is 0. The maximum absolute atomic E-state index is 15.1. The van der Waals surface area contributed by atoms with E-state index in [0.29, 0.717) is 0 Å². The molecule has 7 unspecified atom stereocenters. The summed E-state index contributed by atoms with van der Waals surface area (Å²) in [4.78, 5) is 11.5. The molecule has 3 rings (SSSR count). The van der Waals surface area contributed by atoms with Crippen LogP contribution in [0, 0.1) is 29.6 Å². The van der Waals surface area contributed by atoms with E-state index in [0.717, 1.165) is 6.92 Å². The van der Waals surface area contributed by atoms with Crippen molar-refractivity contribution in [3.05, 3.63) is 0 Å². The van der Waals surface area contributed by atoms with Crippen LogP contribution in [0.15, 0.2) is 0 Å². The van der Waals surface area contributed by atoms with Gasteiger partial charge in [-0.05, 0) is 24.2 Å². The van der Waals surface area contributed by atoms with Gasteiger partial charge in [0.1, 0.15) is 0 Å². The van der Waals surface area contributed by atoms with Crippen molar-refractivity contribution >= 4 is 5.97 Å². The number of fused-ring (bicyclic) bond motifs is 5. The lowest BCUT2D eigenvalue weighted by molar-refractivity contribution is -0.485. The first-order valence-corrected chi connectivity index (χ1v) is 7.81. The van der Waals surface area contributed by atoms with Gasteiger partial charge in [-0.1, -0.05) is 13.8 Å². The molecule has 2 saturated carbocycles. The molecule has 3 aliphatic rings. The van der Waals surface area contributed by atoms with E-state index in [1.54, 1.807) is 6.92 Å². The zero-order valence-electron chi connectivity index (χ0n) is 13.4. The predicted octanol–water partition coefficient (Wildman–Crippen LogP) is 2.74. The zero-order valence-corrected chi connectivity index (χ0v) is 13.4. The lowest BCUT2D eigenvalue weighted by atomic mass is 9.61. The lowest BCUT2D eigenvalue weighted by Crippen LogP contribution is -2.78. The number of hydrogen-bond donors (Lipinski definition) is 1. The minimum absolute atomic E-state index is 0.0137. The first-order chi connectivity index (χ1) is 10.8. The Kier molecular flexibility index (Phi) is 3.58. The minimum atomic E-state index is -5.73. The Morgan fingerprint density at radius 1 is 1.21 bits per heavy atom. The molecule has 7 atom stereocenters. The van der Waals surface area contributed by atoms with E-state index in [1.165, 1.54) is 0 Å². The van der Waals surface area contributed by atoms with Crippen molar-refractivity contribution in [2.24, 2.45) is 29.6 Å². The molecule has 2 aliphatic carbocycles. The molecule has 1 heterocycles. The molecular weight excluding hydrogens is 339 g/mol. The van der Waals surface area contributed by atoms with Crippen LogP contribution in [0.4, 0.5) is 22.0 Å². The molecule has 0 aromatic rings. The van der Waals surface area contributed by atoms with Crippen LogP contribution in [0.5, 0.6) is 0 Å². The topological polar surface area (TPSA) is 55.8 Å². The largest absolute Gasteiger partial charge is 0.452 e. The van der Waals surface area contributed by atoms with Crippen molar-refractivity contribution in [3.63, 3.8) is 0 Å². The van der Waals surface area contributed by atoms with Crippen LogP contribution in [-0.2, 0) is 14.3 Å². The highest BCUT2D eigenvalue weighted by Crippen LogP contribution is 2.70. The van der Waals surface area contributed by atoms with Crippen LogP contribution in [-0.4, -0.2) is 41.2 Å².